The maximum atomic E-state index is 12.7. The van der Waals surface area contributed by atoms with Crippen LogP contribution in [0.1, 0.15) is 21.8 Å². The Morgan fingerprint density at radius 3 is 3.00 bits per heavy atom. The molecule has 0 bridgehead atoms. The van der Waals surface area contributed by atoms with Crippen molar-refractivity contribution in [3.05, 3.63) is 59.4 Å². The zero-order chi connectivity index (χ0) is 15.6. The Kier molecular flexibility index (Phi) is 3.79. The van der Waals surface area contributed by atoms with E-state index in [1.807, 2.05) is 41.4 Å². The molecule has 23 heavy (non-hydrogen) atoms. The molecule has 5 heteroatoms. The Bertz CT molecular complexity index is 797. The summed E-state index contributed by atoms with van der Waals surface area (Å²) in [7, 11) is 0. The monoisotopic (exact) mass is 323 g/mol. The van der Waals surface area contributed by atoms with Gasteiger partial charge in [-0.05, 0) is 42.5 Å². The van der Waals surface area contributed by atoms with Crippen molar-refractivity contribution in [3.8, 4) is 0 Å². The molecule has 0 aliphatic carbocycles. The molecule has 1 saturated heterocycles. The lowest BCUT2D eigenvalue weighted by molar-refractivity contribution is 0.0787. The number of likely N-dealkylation sites (tertiary alicyclic amines) is 1. The molecule has 1 aromatic carbocycles. The lowest BCUT2D eigenvalue weighted by Gasteiger charge is -2.15. The van der Waals surface area contributed by atoms with Crippen LogP contribution in [0.3, 0.4) is 0 Å². The first-order chi connectivity index (χ1) is 11.3. The molecule has 1 unspecified atom stereocenters. The third-order valence-corrected chi connectivity index (χ3v) is 5.32. The molecule has 2 aromatic heterocycles. The first kappa shape index (κ1) is 14.3. The predicted octanol–water partition coefficient (Wildman–Crippen LogP) is 3.40. The highest BCUT2D eigenvalue weighted by Gasteiger charge is 2.28. The molecule has 1 atom stereocenters. The summed E-state index contributed by atoms with van der Waals surface area (Å²) >= 11 is 1.49. The van der Waals surface area contributed by atoms with E-state index < -0.39 is 0 Å². The van der Waals surface area contributed by atoms with E-state index in [1.165, 1.54) is 16.9 Å². The van der Waals surface area contributed by atoms with Gasteiger partial charge in [0.05, 0.1) is 10.2 Å². The molecule has 0 radical (unpaired) electrons. The van der Waals surface area contributed by atoms with Crippen LogP contribution in [0.25, 0.3) is 10.2 Å². The van der Waals surface area contributed by atoms with Crippen LogP contribution >= 0.6 is 11.3 Å². The molecule has 1 aliphatic heterocycles. The molecule has 0 saturated carbocycles. The minimum atomic E-state index is 0.0693. The van der Waals surface area contributed by atoms with Gasteiger partial charge >= 0.3 is 0 Å². The molecule has 116 valence electrons. The summed E-state index contributed by atoms with van der Waals surface area (Å²) in [6.45, 7) is 1.63. The lowest BCUT2D eigenvalue weighted by atomic mass is 10.0. The molecule has 4 rings (SSSR count). The van der Waals surface area contributed by atoms with Gasteiger partial charge in [0, 0.05) is 25.5 Å². The van der Waals surface area contributed by atoms with E-state index in [0.29, 0.717) is 10.9 Å². The standard InChI is InChI=1S/C18H17N3OS/c22-18(17-20-15-5-1-2-6-16(15)23-17)21-9-7-14(12-21)10-13-4-3-8-19-11-13/h1-6,8,11,14H,7,9-10,12H2. The number of amides is 1. The Morgan fingerprint density at radius 1 is 1.26 bits per heavy atom. The van der Waals surface area contributed by atoms with Crippen molar-refractivity contribution < 1.29 is 4.79 Å². The van der Waals surface area contributed by atoms with Crippen LogP contribution < -0.4 is 0 Å². The molecule has 3 heterocycles. The van der Waals surface area contributed by atoms with E-state index in [4.69, 9.17) is 0 Å². The number of fused-ring (bicyclic) bond motifs is 1. The number of hydrogen-bond acceptors (Lipinski definition) is 4. The van der Waals surface area contributed by atoms with Gasteiger partial charge in [-0.25, -0.2) is 4.98 Å². The smallest absolute Gasteiger partial charge is 0.282 e. The number of carbonyl (C=O) groups is 1. The zero-order valence-electron chi connectivity index (χ0n) is 12.7. The van der Waals surface area contributed by atoms with E-state index in [1.54, 1.807) is 6.20 Å². The summed E-state index contributed by atoms with van der Waals surface area (Å²) in [4.78, 5) is 23.3. The fourth-order valence-corrected chi connectivity index (χ4v) is 4.07. The lowest BCUT2D eigenvalue weighted by Crippen LogP contribution is -2.28. The van der Waals surface area contributed by atoms with Crippen molar-refractivity contribution in [1.82, 2.24) is 14.9 Å². The molecule has 0 spiro atoms. The fraction of sp³-hybridized carbons (Fsp3) is 0.278. The number of hydrogen-bond donors (Lipinski definition) is 0. The van der Waals surface area contributed by atoms with Gasteiger partial charge in [-0.2, -0.15) is 0 Å². The summed E-state index contributed by atoms with van der Waals surface area (Å²) in [5.41, 5.74) is 2.15. The average Bonchev–Trinajstić information content (AvgIpc) is 3.21. The van der Waals surface area contributed by atoms with Gasteiger partial charge < -0.3 is 4.90 Å². The van der Waals surface area contributed by atoms with Gasteiger partial charge in [0.2, 0.25) is 0 Å². The van der Waals surface area contributed by atoms with Gasteiger partial charge in [-0.15, -0.1) is 11.3 Å². The largest absolute Gasteiger partial charge is 0.336 e. The highest BCUT2D eigenvalue weighted by atomic mass is 32.1. The van der Waals surface area contributed by atoms with E-state index in [-0.39, 0.29) is 5.91 Å². The number of para-hydroxylation sites is 1. The SMILES string of the molecule is O=C(c1nc2ccccc2s1)N1CCC(Cc2cccnc2)C1. The van der Waals surface area contributed by atoms with Gasteiger partial charge in [0.1, 0.15) is 0 Å². The fourth-order valence-electron chi connectivity index (χ4n) is 3.13. The quantitative estimate of drug-likeness (QED) is 0.742. The van der Waals surface area contributed by atoms with Gasteiger partial charge in [0.15, 0.2) is 5.01 Å². The van der Waals surface area contributed by atoms with Crippen molar-refractivity contribution in [1.29, 1.82) is 0 Å². The van der Waals surface area contributed by atoms with E-state index in [2.05, 4.69) is 16.0 Å². The molecule has 1 aliphatic rings. The summed E-state index contributed by atoms with van der Waals surface area (Å²) in [6, 6.07) is 12.0. The number of aromatic nitrogens is 2. The van der Waals surface area contributed by atoms with Crippen molar-refractivity contribution >= 4 is 27.5 Å². The first-order valence-electron chi connectivity index (χ1n) is 7.83. The Balaban J connectivity index is 1.45. The van der Waals surface area contributed by atoms with Crippen molar-refractivity contribution in [2.75, 3.05) is 13.1 Å². The number of rotatable bonds is 3. The number of nitrogens with zero attached hydrogens (tertiary/aromatic N) is 3. The van der Waals surface area contributed by atoms with Crippen LogP contribution in [0.2, 0.25) is 0 Å². The molecule has 0 N–H and O–H groups in total. The second-order valence-corrected chi connectivity index (χ2v) is 6.99. The van der Waals surface area contributed by atoms with Crippen LogP contribution in [0.15, 0.2) is 48.8 Å². The van der Waals surface area contributed by atoms with Crippen LogP contribution in [0.5, 0.6) is 0 Å². The highest BCUT2D eigenvalue weighted by Crippen LogP contribution is 2.26. The molecule has 3 aromatic rings. The van der Waals surface area contributed by atoms with Crippen molar-refractivity contribution in [2.24, 2.45) is 5.92 Å². The number of benzene rings is 1. The number of pyridine rings is 1. The van der Waals surface area contributed by atoms with Crippen molar-refractivity contribution in [3.63, 3.8) is 0 Å². The molecule has 1 amide bonds. The van der Waals surface area contributed by atoms with Crippen LogP contribution in [-0.2, 0) is 6.42 Å². The summed E-state index contributed by atoms with van der Waals surface area (Å²) < 4.78 is 1.07. The van der Waals surface area contributed by atoms with Gasteiger partial charge in [-0.1, -0.05) is 18.2 Å². The number of carbonyl (C=O) groups excluding carboxylic acids is 1. The third-order valence-electron chi connectivity index (χ3n) is 4.30. The molecule has 4 nitrogen and oxygen atoms in total. The van der Waals surface area contributed by atoms with Crippen molar-refractivity contribution in [2.45, 2.75) is 12.8 Å². The first-order valence-corrected chi connectivity index (χ1v) is 8.65. The van der Waals surface area contributed by atoms with E-state index in [9.17, 15) is 4.79 Å². The minimum absolute atomic E-state index is 0.0693. The summed E-state index contributed by atoms with van der Waals surface area (Å²) in [5.74, 6) is 0.581. The zero-order valence-corrected chi connectivity index (χ0v) is 13.5. The third kappa shape index (κ3) is 2.97. The average molecular weight is 323 g/mol. The minimum Gasteiger partial charge on any atom is -0.336 e. The Labute approximate surface area is 138 Å². The normalized spacial score (nSPS) is 17.7. The molecular formula is C18H17N3OS. The van der Waals surface area contributed by atoms with Gasteiger partial charge in [-0.3, -0.25) is 9.78 Å². The van der Waals surface area contributed by atoms with Gasteiger partial charge in [0.25, 0.3) is 5.91 Å². The predicted molar refractivity (Wildman–Crippen MR) is 91.6 cm³/mol. The van der Waals surface area contributed by atoms with E-state index in [0.717, 1.165) is 36.1 Å². The van der Waals surface area contributed by atoms with Crippen LogP contribution in [0, 0.1) is 5.92 Å². The van der Waals surface area contributed by atoms with E-state index >= 15 is 0 Å². The Morgan fingerprint density at radius 2 is 2.17 bits per heavy atom. The number of thiazole rings is 1. The highest BCUT2D eigenvalue weighted by molar-refractivity contribution is 7.20. The van der Waals surface area contributed by atoms with Crippen LogP contribution in [0.4, 0.5) is 0 Å². The maximum Gasteiger partial charge on any atom is 0.282 e. The maximum absolute atomic E-state index is 12.7. The van der Waals surface area contributed by atoms with Crippen LogP contribution in [-0.4, -0.2) is 33.9 Å². The second kappa shape index (κ2) is 6.08. The second-order valence-electron chi connectivity index (χ2n) is 5.96. The summed E-state index contributed by atoms with van der Waals surface area (Å²) in [6.07, 6.45) is 5.74. The molecular weight excluding hydrogens is 306 g/mol. The molecule has 1 fully saturated rings. The Hall–Kier alpha value is -2.27. The topological polar surface area (TPSA) is 46.1 Å². The summed E-state index contributed by atoms with van der Waals surface area (Å²) in [5, 5.41) is 0.605.